The molecule has 4 nitrogen and oxygen atoms in total. The van der Waals surface area contributed by atoms with Crippen molar-refractivity contribution in [1.29, 1.82) is 0 Å². The molecule has 4 rings (SSSR count). The van der Waals surface area contributed by atoms with Crippen molar-refractivity contribution in [3.05, 3.63) is 89.5 Å². The van der Waals surface area contributed by atoms with Crippen molar-refractivity contribution in [3.8, 4) is 5.75 Å². The number of hydrogen-bond donors (Lipinski definition) is 0. The fraction of sp³-hybridized carbons (Fsp3) is 0.0909. The second-order valence-electron chi connectivity index (χ2n) is 6.34. The molecule has 29 heavy (non-hydrogen) atoms. The Morgan fingerprint density at radius 3 is 2.55 bits per heavy atom. The molecule has 0 spiro atoms. The predicted molar refractivity (Wildman–Crippen MR) is 109 cm³/mol. The summed E-state index contributed by atoms with van der Waals surface area (Å²) in [5.74, 6) is -1.86. The summed E-state index contributed by atoms with van der Waals surface area (Å²) in [5.41, 5.74) is 1.64. The molecule has 4 aromatic rings. The molecular weight excluding hydrogens is 394 g/mol. The molecule has 0 fully saturated rings. The lowest BCUT2D eigenvalue weighted by atomic mass is 10.1. The number of amides is 1. The third-order valence-corrected chi connectivity index (χ3v) is 5.47. The van der Waals surface area contributed by atoms with E-state index in [0.29, 0.717) is 16.4 Å². The normalized spacial score (nSPS) is 10.9. The second-order valence-corrected chi connectivity index (χ2v) is 7.34. The van der Waals surface area contributed by atoms with Gasteiger partial charge in [-0.2, -0.15) is 0 Å². The summed E-state index contributed by atoms with van der Waals surface area (Å²) < 4.78 is 33.2. The van der Waals surface area contributed by atoms with E-state index in [1.54, 1.807) is 13.2 Å². The monoisotopic (exact) mass is 410 g/mol. The predicted octanol–water partition coefficient (Wildman–Crippen LogP) is 5.43. The molecule has 0 aliphatic heterocycles. The first-order valence-corrected chi connectivity index (χ1v) is 9.62. The van der Waals surface area contributed by atoms with Gasteiger partial charge in [0.15, 0.2) is 16.8 Å². The van der Waals surface area contributed by atoms with E-state index in [1.807, 2.05) is 42.5 Å². The van der Waals surface area contributed by atoms with E-state index in [0.717, 1.165) is 22.4 Å². The molecule has 0 N–H and O–H groups in total. The highest BCUT2D eigenvalue weighted by Crippen LogP contribution is 2.33. The van der Waals surface area contributed by atoms with Gasteiger partial charge in [-0.25, -0.2) is 13.8 Å². The third-order valence-electron chi connectivity index (χ3n) is 4.41. The van der Waals surface area contributed by atoms with Crippen LogP contribution in [-0.2, 0) is 6.54 Å². The average molecular weight is 410 g/mol. The van der Waals surface area contributed by atoms with Gasteiger partial charge in [-0.15, -0.1) is 0 Å². The molecule has 0 aliphatic rings. The molecule has 1 aromatic heterocycles. The SMILES string of the molecule is COc1ccc2sc(N(Cc3ccccc3)C(=O)c3ccc(F)c(F)c3)nc2c1. The number of carbonyl (C=O) groups is 1. The number of fused-ring (bicyclic) bond motifs is 1. The molecule has 0 unspecified atom stereocenters. The number of hydrogen-bond acceptors (Lipinski definition) is 4. The number of anilines is 1. The number of benzene rings is 3. The van der Waals surface area contributed by atoms with Crippen LogP contribution in [0.25, 0.3) is 10.2 Å². The van der Waals surface area contributed by atoms with Crippen LogP contribution < -0.4 is 9.64 Å². The van der Waals surface area contributed by atoms with Crippen LogP contribution in [-0.4, -0.2) is 18.0 Å². The van der Waals surface area contributed by atoms with Crippen molar-refractivity contribution in [1.82, 2.24) is 4.98 Å². The van der Waals surface area contributed by atoms with Crippen molar-refractivity contribution in [2.75, 3.05) is 12.0 Å². The Balaban J connectivity index is 1.77. The largest absolute Gasteiger partial charge is 0.497 e. The van der Waals surface area contributed by atoms with E-state index in [2.05, 4.69) is 4.98 Å². The second kappa shape index (κ2) is 7.97. The van der Waals surface area contributed by atoms with Gasteiger partial charge < -0.3 is 4.74 Å². The Morgan fingerprint density at radius 1 is 1.03 bits per heavy atom. The Bertz CT molecular complexity index is 1180. The Morgan fingerprint density at radius 2 is 1.83 bits per heavy atom. The topological polar surface area (TPSA) is 42.4 Å². The minimum absolute atomic E-state index is 0.0525. The fourth-order valence-electron chi connectivity index (χ4n) is 2.91. The number of nitrogens with zero attached hydrogens (tertiary/aromatic N) is 2. The number of carbonyl (C=O) groups excluding carboxylic acids is 1. The molecule has 0 aliphatic carbocycles. The first kappa shape index (κ1) is 19.0. The fourth-order valence-corrected chi connectivity index (χ4v) is 3.86. The summed E-state index contributed by atoms with van der Waals surface area (Å²) in [6.45, 7) is 0.246. The number of methoxy groups -OCH3 is 1. The number of thiazole rings is 1. The average Bonchev–Trinajstić information content (AvgIpc) is 3.17. The van der Waals surface area contributed by atoms with Gasteiger partial charge in [0.2, 0.25) is 0 Å². The summed E-state index contributed by atoms with van der Waals surface area (Å²) in [7, 11) is 1.57. The lowest BCUT2D eigenvalue weighted by molar-refractivity contribution is 0.0984. The van der Waals surface area contributed by atoms with E-state index < -0.39 is 17.5 Å². The van der Waals surface area contributed by atoms with E-state index in [1.165, 1.54) is 22.3 Å². The maximum atomic E-state index is 13.7. The highest BCUT2D eigenvalue weighted by molar-refractivity contribution is 7.22. The zero-order chi connectivity index (χ0) is 20.4. The van der Waals surface area contributed by atoms with Crippen LogP contribution in [0.4, 0.5) is 13.9 Å². The van der Waals surface area contributed by atoms with Gasteiger partial charge in [0, 0.05) is 11.6 Å². The molecule has 0 saturated carbocycles. The van der Waals surface area contributed by atoms with Crippen LogP contribution >= 0.6 is 11.3 Å². The Hall–Kier alpha value is -3.32. The molecule has 1 amide bonds. The molecule has 7 heteroatoms. The summed E-state index contributed by atoms with van der Waals surface area (Å²) in [5, 5.41) is 0.465. The molecule has 146 valence electrons. The first-order valence-electron chi connectivity index (χ1n) is 8.80. The van der Waals surface area contributed by atoms with Crippen LogP contribution in [0.1, 0.15) is 15.9 Å². The summed E-state index contributed by atoms with van der Waals surface area (Å²) in [6.07, 6.45) is 0. The lowest BCUT2D eigenvalue weighted by Gasteiger charge is -2.20. The summed E-state index contributed by atoms with van der Waals surface area (Å²) in [4.78, 5) is 19.2. The highest BCUT2D eigenvalue weighted by Gasteiger charge is 2.23. The Kier molecular flexibility index (Phi) is 5.22. The summed E-state index contributed by atoms with van der Waals surface area (Å²) >= 11 is 1.34. The van der Waals surface area contributed by atoms with Crippen LogP contribution in [0.3, 0.4) is 0 Å². The maximum absolute atomic E-state index is 13.7. The zero-order valence-electron chi connectivity index (χ0n) is 15.4. The highest BCUT2D eigenvalue weighted by atomic mass is 32.1. The van der Waals surface area contributed by atoms with Crippen molar-refractivity contribution >= 4 is 32.6 Å². The van der Waals surface area contributed by atoms with Gasteiger partial charge in [0.1, 0.15) is 5.75 Å². The number of rotatable bonds is 5. The standard InChI is InChI=1S/C22H16F2N2O2S/c1-28-16-8-10-20-19(12-16)25-22(29-20)26(13-14-5-3-2-4-6-14)21(27)15-7-9-17(23)18(24)11-15/h2-12H,13H2,1H3. The molecule has 3 aromatic carbocycles. The molecule has 0 atom stereocenters. The smallest absolute Gasteiger partial charge is 0.260 e. The number of halogens is 2. The molecule has 1 heterocycles. The maximum Gasteiger partial charge on any atom is 0.260 e. The van der Waals surface area contributed by atoms with Crippen molar-refractivity contribution < 1.29 is 18.3 Å². The van der Waals surface area contributed by atoms with Gasteiger partial charge in [0.25, 0.3) is 5.91 Å². The minimum Gasteiger partial charge on any atom is -0.497 e. The van der Waals surface area contributed by atoms with Gasteiger partial charge >= 0.3 is 0 Å². The van der Waals surface area contributed by atoms with Gasteiger partial charge in [-0.3, -0.25) is 9.69 Å². The minimum atomic E-state index is -1.07. The number of ether oxygens (including phenoxy) is 1. The van der Waals surface area contributed by atoms with Crippen LogP contribution in [0, 0.1) is 11.6 Å². The van der Waals surface area contributed by atoms with E-state index >= 15 is 0 Å². The first-order chi connectivity index (χ1) is 14.0. The Labute approximate surface area is 170 Å². The summed E-state index contributed by atoms with van der Waals surface area (Å²) in [6, 6.07) is 18.0. The number of aromatic nitrogens is 1. The van der Waals surface area contributed by atoms with E-state index in [-0.39, 0.29) is 12.1 Å². The molecule has 0 saturated heterocycles. The molecule has 0 bridgehead atoms. The van der Waals surface area contributed by atoms with E-state index in [9.17, 15) is 13.6 Å². The van der Waals surface area contributed by atoms with E-state index in [4.69, 9.17) is 4.74 Å². The van der Waals surface area contributed by atoms with Crippen molar-refractivity contribution in [2.45, 2.75) is 6.54 Å². The molecular formula is C22H16F2N2O2S. The van der Waals surface area contributed by atoms with Crippen LogP contribution in [0.5, 0.6) is 5.75 Å². The zero-order valence-corrected chi connectivity index (χ0v) is 16.2. The van der Waals surface area contributed by atoms with Crippen molar-refractivity contribution in [2.24, 2.45) is 0 Å². The quantitative estimate of drug-likeness (QED) is 0.441. The van der Waals surface area contributed by atoms with Gasteiger partial charge in [-0.1, -0.05) is 41.7 Å². The molecule has 0 radical (unpaired) electrons. The van der Waals surface area contributed by atoms with Gasteiger partial charge in [-0.05, 0) is 35.9 Å². The lowest BCUT2D eigenvalue weighted by Crippen LogP contribution is -2.30. The third kappa shape index (κ3) is 3.95. The van der Waals surface area contributed by atoms with Crippen molar-refractivity contribution in [3.63, 3.8) is 0 Å². The van der Waals surface area contributed by atoms with Crippen LogP contribution in [0.2, 0.25) is 0 Å². The van der Waals surface area contributed by atoms with Gasteiger partial charge in [0.05, 0.1) is 23.9 Å². The van der Waals surface area contributed by atoms with Crippen LogP contribution in [0.15, 0.2) is 66.7 Å².